The van der Waals surface area contributed by atoms with Crippen LogP contribution in [-0.4, -0.2) is 30.0 Å². The van der Waals surface area contributed by atoms with Gasteiger partial charge in [-0.05, 0) is 65.3 Å². The number of allylic oxidation sites excluding steroid dienone is 2. The monoisotopic (exact) mass is 485 g/mol. The van der Waals surface area contributed by atoms with E-state index < -0.39 is 23.5 Å². The van der Waals surface area contributed by atoms with Crippen LogP contribution in [0.25, 0.3) is 16.7 Å². The molecule has 0 atom stereocenters. The van der Waals surface area contributed by atoms with Crippen LogP contribution in [0.1, 0.15) is 42.5 Å². The van der Waals surface area contributed by atoms with Gasteiger partial charge in [0.05, 0.1) is 12.2 Å². The SMILES string of the molecule is CC(C)C/C1=C\C(=O)/C(C(=O)O)=C\NCCc2c1cc(-c1cccc(C(F)(F)F)c1)c1c2CCO1. The number of carboxylic acid groups (broad SMARTS) is 1. The lowest BCUT2D eigenvalue weighted by Crippen LogP contribution is -2.20. The lowest BCUT2D eigenvalue weighted by molar-refractivity contribution is -0.137. The molecular weight excluding hydrogens is 459 g/mol. The quantitative estimate of drug-likeness (QED) is 0.566. The molecule has 2 aromatic rings. The number of hydrogen-bond donors (Lipinski definition) is 2. The van der Waals surface area contributed by atoms with Gasteiger partial charge in [0, 0.05) is 30.3 Å². The summed E-state index contributed by atoms with van der Waals surface area (Å²) in [5, 5.41) is 12.4. The van der Waals surface area contributed by atoms with E-state index in [0.717, 1.165) is 28.8 Å². The molecule has 184 valence electrons. The number of alkyl halides is 3. The third kappa shape index (κ3) is 5.11. The number of benzene rings is 2. The summed E-state index contributed by atoms with van der Waals surface area (Å²) in [5.74, 6) is -1.24. The molecule has 0 radical (unpaired) electrons. The van der Waals surface area contributed by atoms with Crippen LogP contribution in [-0.2, 0) is 28.6 Å². The van der Waals surface area contributed by atoms with Crippen molar-refractivity contribution in [1.82, 2.24) is 5.32 Å². The molecule has 0 aromatic heterocycles. The van der Waals surface area contributed by atoms with Gasteiger partial charge < -0.3 is 15.2 Å². The van der Waals surface area contributed by atoms with Gasteiger partial charge in [-0.1, -0.05) is 26.0 Å². The number of ether oxygens (including phenoxy) is 1. The summed E-state index contributed by atoms with van der Waals surface area (Å²) < 4.78 is 46.2. The van der Waals surface area contributed by atoms with Gasteiger partial charge >= 0.3 is 12.1 Å². The number of carboxylic acids is 1. The molecule has 0 saturated heterocycles. The molecule has 2 N–H and O–H groups in total. The normalized spacial score (nSPS) is 19.0. The number of fused-ring (bicyclic) bond motifs is 3. The van der Waals surface area contributed by atoms with Crippen LogP contribution in [0.4, 0.5) is 13.2 Å². The van der Waals surface area contributed by atoms with E-state index in [1.807, 2.05) is 13.8 Å². The van der Waals surface area contributed by atoms with Crippen LogP contribution in [0.15, 0.2) is 48.2 Å². The van der Waals surface area contributed by atoms with Crippen LogP contribution >= 0.6 is 0 Å². The molecule has 0 saturated carbocycles. The van der Waals surface area contributed by atoms with Crippen LogP contribution in [0.5, 0.6) is 5.75 Å². The Morgan fingerprint density at radius 3 is 2.60 bits per heavy atom. The van der Waals surface area contributed by atoms with Crippen molar-refractivity contribution < 1.29 is 32.6 Å². The molecule has 2 aliphatic rings. The van der Waals surface area contributed by atoms with Gasteiger partial charge in [-0.2, -0.15) is 13.2 Å². The summed E-state index contributed by atoms with van der Waals surface area (Å²) >= 11 is 0. The molecule has 0 bridgehead atoms. The summed E-state index contributed by atoms with van der Waals surface area (Å²) in [6.45, 7) is 4.78. The molecule has 2 aromatic carbocycles. The molecule has 0 aliphatic carbocycles. The first-order valence-electron chi connectivity index (χ1n) is 11.5. The first-order chi connectivity index (χ1) is 16.6. The van der Waals surface area contributed by atoms with E-state index in [9.17, 15) is 27.9 Å². The van der Waals surface area contributed by atoms with E-state index in [0.29, 0.717) is 54.9 Å². The van der Waals surface area contributed by atoms with E-state index in [-0.39, 0.29) is 11.5 Å². The van der Waals surface area contributed by atoms with Gasteiger partial charge in [-0.25, -0.2) is 4.79 Å². The van der Waals surface area contributed by atoms with E-state index >= 15 is 0 Å². The summed E-state index contributed by atoms with van der Waals surface area (Å²) in [5.41, 5.74) is 3.08. The number of aliphatic carboxylic acids is 1. The Bertz CT molecular complexity index is 1240. The molecule has 35 heavy (non-hydrogen) atoms. The van der Waals surface area contributed by atoms with Gasteiger partial charge in [0.15, 0.2) is 5.78 Å². The van der Waals surface area contributed by atoms with E-state index in [4.69, 9.17) is 4.74 Å². The maximum absolute atomic E-state index is 13.4. The second kappa shape index (κ2) is 9.60. The number of halogens is 3. The van der Waals surface area contributed by atoms with Crippen LogP contribution < -0.4 is 10.1 Å². The topological polar surface area (TPSA) is 75.6 Å². The van der Waals surface area contributed by atoms with Gasteiger partial charge in [0.25, 0.3) is 0 Å². The molecule has 2 aliphatic heterocycles. The predicted octanol–water partition coefficient (Wildman–Crippen LogP) is 5.42. The first kappa shape index (κ1) is 24.6. The van der Waals surface area contributed by atoms with Crippen LogP contribution in [0, 0.1) is 5.92 Å². The fourth-order valence-corrected chi connectivity index (χ4v) is 4.63. The summed E-state index contributed by atoms with van der Waals surface area (Å²) in [4.78, 5) is 24.5. The number of rotatable bonds is 4. The Kier molecular flexibility index (Phi) is 6.74. The van der Waals surface area contributed by atoms with Crippen molar-refractivity contribution in [3.63, 3.8) is 0 Å². The standard InChI is InChI=1S/C27H26F3NO4/c1-15(2)10-17-12-24(32)23(26(33)34)14-31-8-6-19-20-7-9-35-25(20)22(13-21(17)19)16-4-3-5-18(11-16)27(28,29)30/h3-5,11-15,31H,6-10H2,1-2H3,(H,33,34)/b17-12+,23-14+. The molecular formula is C27H26F3NO4. The zero-order chi connectivity index (χ0) is 25.3. The third-order valence-electron chi connectivity index (χ3n) is 6.14. The maximum atomic E-state index is 13.4. The van der Waals surface area contributed by atoms with Gasteiger partial charge in [-0.15, -0.1) is 0 Å². The number of carbonyl (C=O) groups is 2. The van der Waals surface area contributed by atoms with Crippen molar-refractivity contribution >= 4 is 17.3 Å². The number of carbonyl (C=O) groups excluding carboxylic acids is 1. The van der Waals surface area contributed by atoms with Crippen molar-refractivity contribution in [2.45, 2.75) is 39.3 Å². The van der Waals surface area contributed by atoms with Crippen molar-refractivity contribution in [3.05, 3.63) is 70.4 Å². The van der Waals surface area contributed by atoms with E-state index in [1.54, 1.807) is 12.1 Å². The fourth-order valence-electron chi connectivity index (χ4n) is 4.63. The number of hydrogen-bond acceptors (Lipinski definition) is 4. The minimum Gasteiger partial charge on any atom is -0.492 e. The smallest absolute Gasteiger partial charge is 0.416 e. The lowest BCUT2D eigenvalue weighted by atomic mass is 9.84. The van der Waals surface area contributed by atoms with Gasteiger partial charge in [0.1, 0.15) is 11.3 Å². The Morgan fingerprint density at radius 1 is 1.14 bits per heavy atom. The first-order valence-corrected chi connectivity index (χ1v) is 11.5. The Balaban J connectivity index is 1.96. The van der Waals surface area contributed by atoms with Gasteiger partial charge in [-0.3, -0.25) is 4.79 Å². The Hall–Kier alpha value is -3.55. The summed E-state index contributed by atoms with van der Waals surface area (Å²) in [6, 6.07) is 6.91. The third-order valence-corrected chi connectivity index (χ3v) is 6.14. The average Bonchev–Trinajstić information content (AvgIpc) is 3.27. The average molecular weight is 486 g/mol. The molecule has 2 heterocycles. The Labute approximate surface area is 201 Å². The highest BCUT2D eigenvalue weighted by molar-refractivity contribution is 6.22. The highest BCUT2D eigenvalue weighted by atomic mass is 19.4. The number of nitrogens with one attached hydrogen (secondary N) is 1. The van der Waals surface area contributed by atoms with Crippen LogP contribution in [0.3, 0.4) is 0 Å². The van der Waals surface area contributed by atoms with Crippen molar-refractivity contribution in [2.24, 2.45) is 5.92 Å². The second-order valence-electron chi connectivity index (χ2n) is 9.13. The zero-order valence-electron chi connectivity index (χ0n) is 19.5. The number of ketones is 1. The Morgan fingerprint density at radius 2 is 1.91 bits per heavy atom. The minimum absolute atomic E-state index is 0.154. The molecule has 0 amide bonds. The van der Waals surface area contributed by atoms with Crippen molar-refractivity contribution in [2.75, 3.05) is 13.2 Å². The predicted molar refractivity (Wildman–Crippen MR) is 126 cm³/mol. The van der Waals surface area contributed by atoms with E-state index in [1.165, 1.54) is 18.3 Å². The van der Waals surface area contributed by atoms with Crippen molar-refractivity contribution in [1.29, 1.82) is 0 Å². The van der Waals surface area contributed by atoms with E-state index in [2.05, 4.69) is 5.32 Å². The molecule has 5 nitrogen and oxygen atoms in total. The van der Waals surface area contributed by atoms with Crippen LogP contribution in [0.2, 0.25) is 0 Å². The maximum Gasteiger partial charge on any atom is 0.416 e. The largest absolute Gasteiger partial charge is 0.492 e. The molecule has 0 spiro atoms. The molecule has 0 unspecified atom stereocenters. The van der Waals surface area contributed by atoms with Crippen molar-refractivity contribution in [3.8, 4) is 16.9 Å². The minimum atomic E-state index is -4.49. The van der Waals surface area contributed by atoms with Gasteiger partial charge in [0.2, 0.25) is 0 Å². The zero-order valence-corrected chi connectivity index (χ0v) is 19.5. The fraction of sp³-hybridized carbons (Fsp3) is 0.333. The summed E-state index contributed by atoms with van der Waals surface area (Å²) in [7, 11) is 0. The summed E-state index contributed by atoms with van der Waals surface area (Å²) in [6.07, 6.45) is -0.266. The lowest BCUT2D eigenvalue weighted by Gasteiger charge is -2.22. The molecule has 8 heteroatoms. The second-order valence-corrected chi connectivity index (χ2v) is 9.13. The highest BCUT2D eigenvalue weighted by Gasteiger charge is 2.32. The molecule has 4 rings (SSSR count). The highest BCUT2D eigenvalue weighted by Crippen LogP contribution is 2.44. The molecule has 0 fully saturated rings.